The van der Waals surface area contributed by atoms with Gasteiger partial charge in [-0.3, -0.25) is 9.52 Å². The minimum Gasteiger partial charge on any atom is -0.364 e. The van der Waals surface area contributed by atoms with E-state index < -0.39 is 15.9 Å². The Labute approximate surface area is 133 Å². The number of benzene rings is 2. The summed E-state index contributed by atoms with van der Waals surface area (Å²) in [6, 6.07) is 15.9. The van der Waals surface area contributed by atoms with E-state index in [0.717, 1.165) is 0 Å². The van der Waals surface area contributed by atoms with Crippen LogP contribution in [0.1, 0.15) is 11.1 Å². The van der Waals surface area contributed by atoms with Gasteiger partial charge in [0.2, 0.25) is 0 Å². The van der Waals surface area contributed by atoms with Crippen LogP contribution in [0.15, 0.2) is 65.2 Å². The molecule has 0 aliphatic carbocycles. The largest absolute Gasteiger partial charge is 0.364 e. The summed E-state index contributed by atoms with van der Waals surface area (Å²) in [5, 5.41) is 8.87. The van der Waals surface area contributed by atoms with E-state index in [2.05, 4.69) is 4.72 Å². The Hall–Kier alpha value is -3.11. The van der Waals surface area contributed by atoms with Crippen LogP contribution < -0.4 is 10.5 Å². The molecule has 0 spiro atoms. The molecule has 0 aromatic heterocycles. The van der Waals surface area contributed by atoms with E-state index in [1.54, 1.807) is 36.4 Å². The number of hydrogen-bond donors (Lipinski definition) is 2. The topological polar surface area (TPSA) is 113 Å². The second-order valence-electron chi connectivity index (χ2n) is 4.58. The number of amides is 1. The molecule has 0 aliphatic rings. The van der Waals surface area contributed by atoms with Crippen molar-refractivity contribution in [3.63, 3.8) is 0 Å². The number of hydrogen-bond acceptors (Lipinski definition) is 4. The minimum atomic E-state index is -3.92. The van der Waals surface area contributed by atoms with Crippen molar-refractivity contribution in [2.75, 3.05) is 0 Å². The summed E-state index contributed by atoms with van der Waals surface area (Å²) in [6.07, 6.45) is 1.28. The van der Waals surface area contributed by atoms with Crippen molar-refractivity contribution in [3.05, 3.63) is 71.4 Å². The molecule has 0 radical (unpaired) electrons. The van der Waals surface area contributed by atoms with E-state index in [9.17, 15) is 13.2 Å². The molecule has 0 aliphatic heterocycles. The molecule has 3 N–H and O–H groups in total. The summed E-state index contributed by atoms with van der Waals surface area (Å²) < 4.78 is 26.7. The van der Waals surface area contributed by atoms with Gasteiger partial charge in [0.25, 0.3) is 15.9 Å². The molecule has 0 heterocycles. The number of carbonyl (C=O) groups is 1. The van der Waals surface area contributed by atoms with Gasteiger partial charge in [0.05, 0.1) is 16.5 Å². The molecule has 2 aromatic carbocycles. The van der Waals surface area contributed by atoms with Crippen LogP contribution in [-0.2, 0) is 14.8 Å². The van der Waals surface area contributed by atoms with Crippen LogP contribution in [-0.4, -0.2) is 14.3 Å². The fourth-order valence-corrected chi connectivity index (χ4v) is 2.90. The lowest BCUT2D eigenvalue weighted by Crippen LogP contribution is -2.31. The number of primary amides is 1. The average Bonchev–Trinajstić information content (AvgIpc) is 2.55. The average molecular weight is 327 g/mol. The van der Waals surface area contributed by atoms with Gasteiger partial charge in [-0.2, -0.15) is 5.26 Å². The highest BCUT2D eigenvalue weighted by Crippen LogP contribution is 2.12. The molecule has 116 valence electrons. The molecule has 0 unspecified atom stereocenters. The number of nitriles is 1. The molecule has 2 rings (SSSR count). The Morgan fingerprint density at radius 1 is 1.13 bits per heavy atom. The van der Waals surface area contributed by atoms with Crippen molar-refractivity contribution < 1.29 is 13.2 Å². The Bertz CT molecular complexity index is 898. The SMILES string of the molecule is N#Cc1cccc(C=C(NS(=O)(=O)c2ccccc2)C(N)=O)c1. The molecule has 2 aromatic rings. The molecule has 0 atom stereocenters. The van der Waals surface area contributed by atoms with Gasteiger partial charge in [-0.1, -0.05) is 30.3 Å². The predicted molar refractivity (Wildman–Crippen MR) is 85.1 cm³/mol. The van der Waals surface area contributed by atoms with Crippen molar-refractivity contribution >= 4 is 22.0 Å². The first-order valence-electron chi connectivity index (χ1n) is 6.52. The summed E-state index contributed by atoms with van der Waals surface area (Å²) in [5.74, 6) is -0.924. The van der Waals surface area contributed by atoms with Crippen LogP contribution in [0.5, 0.6) is 0 Å². The summed E-state index contributed by atoms with van der Waals surface area (Å²) in [7, 11) is -3.92. The first-order chi connectivity index (χ1) is 10.9. The van der Waals surface area contributed by atoms with E-state index in [0.29, 0.717) is 11.1 Å². The third-order valence-electron chi connectivity index (χ3n) is 2.89. The van der Waals surface area contributed by atoms with Crippen LogP contribution in [0.2, 0.25) is 0 Å². The number of carbonyl (C=O) groups excluding carboxylic acids is 1. The Kier molecular flexibility index (Phi) is 4.79. The van der Waals surface area contributed by atoms with E-state index in [4.69, 9.17) is 11.0 Å². The maximum atomic E-state index is 12.2. The molecular weight excluding hydrogens is 314 g/mol. The molecule has 7 heteroatoms. The first kappa shape index (κ1) is 16.3. The fourth-order valence-electron chi connectivity index (χ4n) is 1.82. The normalized spacial score (nSPS) is 11.5. The number of sulfonamides is 1. The van der Waals surface area contributed by atoms with Crippen molar-refractivity contribution in [1.82, 2.24) is 4.72 Å². The lowest BCUT2D eigenvalue weighted by Gasteiger charge is -2.09. The predicted octanol–water partition coefficient (Wildman–Crippen LogP) is 1.36. The third kappa shape index (κ3) is 4.18. The van der Waals surface area contributed by atoms with Crippen LogP contribution >= 0.6 is 0 Å². The molecular formula is C16H13N3O3S. The summed E-state index contributed by atoms with van der Waals surface area (Å²) in [4.78, 5) is 11.5. The quantitative estimate of drug-likeness (QED) is 0.807. The summed E-state index contributed by atoms with van der Waals surface area (Å²) in [6.45, 7) is 0. The zero-order valence-corrected chi connectivity index (χ0v) is 12.7. The van der Waals surface area contributed by atoms with Crippen LogP contribution in [0.4, 0.5) is 0 Å². The molecule has 1 amide bonds. The second kappa shape index (κ2) is 6.77. The lowest BCUT2D eigenvalue weighted by atomic mass is 10.1. The Balaban J connectivity index is 2.38. The first-order valence-corrected chi connectivity index (χ1v) is 8.00. The summed E-state index contributed by atoms with van der Waals surface area (Å²) in [5.41, 5.74) is 5.82. The van der Waals surface area contributed by atoms with Gasteiger partial charge in [0, 0.05) is 0 Å². The lowest BCUT2D eigenvalue weighted by molar-refractivity contribution is -0.114. The van der Waals surface area contributed by atoms with E-state index >= 15 is 0 Å². The molecule has 0 bridgehead atoms. The van der Waals surface area contributed by atoms with Crippen LogP contribution in [0.3, 0.4) is 0 Å². The second-order valence-corrected chi connectivity index (χ2v) is 6.26. The van der Waals surface area contributed by atoms with E-state index in [-0.39, 0.29) is 10.6 Å². The number of nitrogens with one attached hydrogen (secondary N) is 1. The Morgan fingerprint density at radius 3 is 2.43 bits per heavy atom. The van der Waals surface area contributed by atoms with Gasteiger partial charge in [0.1, 0.15) is 5.70 Å². The highest BCUT2D eigenvalue weighted by molar-refractivity contribution is 7.89. The standard InChI is InChI=1S/C16H13N3O3S/c17-11-13-6-4-5-12(9-13)10-15(16(18)20)19-23(21,22)14-7-2-1-3-8-14/h1-10,19H,(H2,18,20). The van der Waals surface area contributed by atoms with E-state index in [1.807, 2.05) is 6.07 Å². The number of rotatable bonds is 5. The van der Waals surface area contributed by atoms with Gasteiger partial charge in [0.15, 0.2) is 0 Å². The maximum Gasteiger partial charge on any atom is 0.265 e. The molecule has 0 saturated carbocycles. The number of nitrogens with zero attached hydrogens (tertiary/aromatic N) is 1. The summed E-state index contributed by atoms with van der Waals surface area (Å²) >= 11 is 0. The van der Waals surface area contributed by atoms with Crippen molar-refractivity contribution in [3.8, 4) is 6.07 Å². The monoisotopic (exact) mass is 327 g/mol. The minimum absolute atomic E-state index is 0.0120. The smallest absolute Gasteiger partial charge is 0.265 e. The molecule has 0 saturated heterocycles. The Morgan fingerprint density at radius 2 is 1.83 bits per heavy atom. The zero-order chi connectivity index (χ0) is 16.9. The van der Waals surface area contributed by atoms with Gasteiger partial charge < -0.3 is 5.73 Å². The van der Waals surface area contributed by atoms with E-state index in [1.165, 1.54) is 24.3 Å². The van der Waals surface area contributed by atoms with Crippen molar-refractivity contribution in [1.29, 1.82) is 5.26 Å². The van der Waals surface area contributed by atoms with Gasteiger partial charge in [-0.25, -0.2) is 8.42 Å². The zero-order valence-electron chi connectivity index (χ0n) is 11.9. The number of nitrogens with two attached hydrogens (primary N) is 1. The third-order valence-corrected chi connectivity index (χ3v) is 4.27. The highest BCUT2D eigenvalue weighted by atomic mass is 32.2. The molecule has 6 nitrogen and oxygen atoms in total. The fraction of sp³-hybridized carbons (Fsp3) is 0. The molecule has 0 fully saturated rings. The molecule has 23 heavy (non-hydrogen) atoms. The highest BCUT2D eigenvalue weighted by Gasteiger charge is 2.17. The van der Waals surface area contributed by atoms with Gasteiger partial charge >= 0.3 is 0 Å². The van der Waals surface area contributed by atoms with Gasteiger partial charge in [-0.15, -0.1) is 0 Å². The van der Waals surface area contributed by atoms with Crippen LogP contribution in [0.25, 0.3) is 6.08 Å². The van der Waals surface area contributed by atoms with Crippen molar-refractivity contribution in [2.45, 2.75) is 4.90 Å². The van der Waals surface area contributed by atoms with Gasteiger partial charge in [-0.05, 0) is 35.9 Å². The maximum absolute atomic E-state index is 12.2. The van der Waals surface area contributed by atoms with Crippen molar-refractivity contribution in [2.24, 2.45) is 5.73 Å². The van der Waals surface area contributed by atoms with Crippen LogP contribution in [0, 0.1) is 11.3 Å².